The van der Waals surface area contributed by atoms with Gasteiger partial charge in [-0.3, -0.25) is 43.4 Å². The number of fused-ring (bicyclic) bond motifs is 5. The Hall–Kier alpha value is -8.28. The summed E-state index contributed by atoms with van der Waals surface area (Å²) < 4.78 is 24.1. The predicted molar refractivity (Wildman–Crippen MR) is 342 cm³/mol. The van der Waals surface area contributed by atoms with E-state index in [-0.39, 0.29) is 67.3 Å². The second-order valence-electron chi connectivity index (χ2n) is 24.4. The van der Waals surface area contributed by atoms with E-state index in [0.717, 1.165) is 35.8 Å². The van der Waals surface area contributed by atoms with E-state index in [4.69, 9.17) is 36.3 Å². The third-order valence-electron chi connectivity index (χ3n) is 18.4. The lowest BCUT2D eigenvalue weighted by molar-refractivity contribution is -0.151. The molecule has 91 heavy (non-hydrogen) atoms. The number of imide groups is 1. The smallest absolute Gasteiger partial charge is 0.415 e. The molecule has 0 radical (unpaired) electrons. The van der Waals surface area contributed by atoms with Gasteiger partial charge < -0.3 is 60.2 Å². The molecule has 24 heteroatoms. The van der Waals surface area contributed by atoms with Gasteiger partial charge in [0.25, 0.3) is 17.7 Å². The molecule has 3 unspecified atom stereocenters. The molecule has 3 fully saturated rings. The van der Waals surface area contributed by atoms with Crippen molar-refractivity contribution in [2.75, 3.05) is 107 Å². The van der Waals surface area contributed by atoms with Crippen LogP contribution in [-0.4, -0.2) is 177 Å². The minimum absolute atomic E-state index is 0.0627. The van der Waals surface area contributed by atoms with Crippen LogP contribution in [0.5, 0.6) is 17.2 Å². The van der Waals surface area contributed by atoms with Gasteiger partial charge in [0.05, 0.1) is 36.7 Å². The van der Waals surface area contributed by atoms with Gasteiger partial charge >= 0.3 is 12.2 Å². The number of methoxy groups -OCH3 is 1. The van der Waals surface area contributed by atoms with E-state index in [0.29, 0.717) is 175 Å². The third kappa shape index (κ3) is 15.1. The highest BCUT2D eigenvalue weighted by Gasteiger charge is 2.51. The standard InChI is InChI=1S/C67H83ClN10O13/c1-73-32-34-74(35-33-73)65(86)91-54-39-53-60(49-17-7-6-16-48(49)54)45(40-68)41-77(53)57(79)19-5-3-12-36-89-56-38-52-50(37-55(56)88-2)62(83)75-31-13-15-47(75)42-78(52)66(87)90-43-44-20-22-46(23-21-44)71-61(82)51(18-8-9-28-69)72-64(85)67(26-14-27-67)63(84)70-29-10-4-11-30-76-58(80)24-25-59(76)81/h6-7,16-17,20-25,37-39,45,47,51H,3-5,8-15,18-19,26-36,40-43,69H2,1-2H3,(H,70,84)(H,71,82)(H,72,85). The maximum atomic E-state index is 14.3. The summed E-state index contributed by atoms with van der Waals surface area (Å²) in [6, 6.07) is 18.4. The number of halogens is 1. The first kappa shape index (κ1) is 65.7. The Labute approximate surface area is 535 Å². The van der Waals surface area contributed by atoms with Crippen molar-refractivity contribution in [3.8, 4) is 17.2 Å². The number of ether oxygens (including phenoxy) is 4. The van der Waals surface area contributed by atoms with E-state index >= 15 is 0 Å². The number of rotatable bonds is 27. The summed E-state index contributed by atoms with van der Waals surface area (Å²) in [6.07, 6.45) is 9.62. The van der Waals surface area contributed by atoms with Crippen molar-refractivity contribution in [3.05, 3.63) is 95.6 Å². The average molecular weight is 1270 g/mol. The summed E-state index contributed by atoms with van der Waals surface area (Å²) in [7, 11) is 3.51. The van der Waals surface area contributed by atoms with Gasteiger partial charge in [-0.25, -0.2) is 9.59 Å². The number of unbranched alkanes of at least 4 members (excludes halogenated alkanes) is 5. The van der Waals surface area contributed by atoms with Crippen LogP contribution in [0.25, 0.3) is 10.8 Å². The molecular formula is C67H83ClN10O13. The van der Waals surface area contributed by atoms with Gasteiger partial charge in [-0.05, 0) is 132 Å². The first-order valence-electron chi connectivity index (χ1n) is 32.0. The molecule has 2 saturated heterocycles. The molecule has 10 rings (SSSR count). The van der Waals surface area contributed by atoms with Crippen molar-refractivity contribution in [3.63, 3.8) is 0 Å². The molecule has 0 spiro atoms. The van der Waals surface area contributed by atoms with E-state index in [9.17, 15) is 43.2 Å². The summed E-state index contributed by atoms with van der Waals surface area (Å²) in [5, 5.41) is 10.3. The highest BCUT2D eigenvalue weighted by molar-refractivity contribution is 6.19. The Morgan fingerprint density at radius 3 is 2.20 bits per heavy atom. The molecular weight excluding hydrogens is 1190 g/mol. The maximum Gasteiger partial charge on any atom is 0.415 e. The van der Waals surface area contributed by atoms with Crippen molar-refractivity contribution in [1.29, 1.82) is 0 Å². The molecule has 5 aliphatic heterocycles. The predicted octanol–water partition coefficient (Wildman–Crippen LogP) is 7.60. The fourth-order valence-electron chi connectivity index (χ4n) is 12.9. The van der Waals surface area contributed by atoms with Gasteiger partial charge in [-0.15, -0.1) is 11.6 Å². The lowest BCUT2D eigenvalue weighted by Gasteiger charge is -2.39. The molecule has 0 bridgehead atoms. The quantitative estimate of drug-likeness (QED) is 0.0194. The molecule has 1 aliphatic carbocycles. The van der Waals surface area contributed by atoms with Crippen LogP contribution in [0.15, 0.2) is 78.9 Å². The number of carbonyl (C=O) groups is 9. The van der Waals surface area contributed by atoms with Crippen molar-refractivity contribution in [1.82, 2.24) is 30.2 Å². The zero-order valence-electron chi connectivity index (χ0n) is 52.0. The number of anilines is 3. The zero-order valence-corrected chi connectivity index (χ0v) is 52.7. The molecule has 5 N–H and O–H groups in total. The van der Waals surface area contributed by atoms with Crippen LogP contribution in [-0.2, 0) is 40.1 Å². The summed E-state index contributed by atoms with van der Waals surface area (Å²) in [5.74, 6) is -1.07. The molecule has 1 saturated carbocycles. The van der Waals surface area contributed by atoms with E-state index < -0.39 is 41.4 Å². The normalized spacial score (nSPS) is 18.7. The number of nitrogens with two attached hydrogens (primary N) is 1. The molecule has 5 heterocycles. The van der Waals surface area contributed by atoms with Gasteiger partial charge in [-0.1, -0.05) is 42.8 Å². The topological polar surface area (TPSA) is 272 Å². The first-order valence-corrected chi connectivity index (χ1v) is 32.5. The molecule has 486 valence electrons. The number of hydrogen-bond acceptors (Lipinski definition) is 15. The van der Waals surface area contributed by atoms with Crippen molar-refractivity contribution >= 4 is 93.0 Å². The first-order chi connectivity index (χ1) is 44.1. The van der Waals surface area contributed by atoms with E-state index in [1.165, 1.54) is 29.1 Å². The number of carbonyl (C=O) groups excluding carboxylic acids is 9. The zero-order chi connectivity index (χ0) is 64.2. The van der Waals surface area contributed by atoms with Gasteiger partial charge in [0.2, 0.25) is 23.6 Å². The summed E-state index contributed by atoms with van der Waals surface area (Å²) in [4.78, 5) is 131. The number of nitrogens with zero attached hydrogens (tertiary/aromatic N) is 6. The molecule has 4 aromatic carbocycles. The van der Waals surface area contributed by atoms with Gasteiger partial charge in [0.15, 0.2) is 11.5 Å². The number of amides is 9. The minimum Gasteiger partial charge on any atom is -0.493 e. The number of piperazine rings is 1. The van der Waals surface area contributed by atoms with Crippen molar-refractivity contribution in [2.45, 2.75) is 121 Å². The number of nitrogens with one attached hydrogen (secondary N) is 3. The van der Waals surface area contributed by atoms with Crippen LogP contribution in [0.4, 0.5) is 26.7 Å². The largest absolute Gasteiger partial charge is 0.493 e. The third-order valence-corrected chi connectivity index (χ3v) is 18.8. The van der Waals surface area contributed by atoms with Crippen LogP contribution >= 0.6 is 11.6 Å². The fourth-order valence-corrected chi connectivity index (χ4v) is 13.2. The Morgan fingerprint density at radius 2 is 1.48 bits per heavy atom. The molecule has 0 aromatic heterocycles. The van der Waals surface area contributed by atoms with E-state index in [1.807, 2.05) is 37.4 Å². The van der Waals surface area contributed by atoms with Crippen LogP contribution in [0.3, 0.4) is 0 Å². The Morgan fingerprint density at radius 1 is 0.747 bits per heavy atom. The second kappa shape index (κ2) is 30.2. The number of hydrogen-bond donors (Lipinski definition) is 4. The Bertz CT molecular complexity index is 3390. The summed E-state index contributed by atoms with van der Waals surface area (Å²) in [5.41, 5.74) is 7.79. The monoisotopic (exact) mass is 1270 g/mol. The lowest BCUT2D eigenvalue weighted by atomic mass is 9.67. The SMILES string of the molecule is COc1cc2c(cc1OCCCCCC(=O)N1CC(CCl)c3c1cc(OC(=O)N1CCN(C)CC1)c1ccccc31)N(C(=O)OCc1ccc(NC(=O)C(CCCCN)NC(=O)C3(C(=O)NCCCCCN4C(=O)C=CC4=O)CCC3)cc1)CC1CCCN1C2=O. The maximum absolute atomic E-state index is 14.3. The summed E-state index contributed by atoms with van der Waals surface area (Å²) >= 11 is 6.56. The molecule has 6 aliphatic rings. The lowest BCUT2D eigenvalue weighted by Crippen LogP contribution is -2.58. The van der Waals surface area contributed by atoms with Gasteiger partial charge in [0, 0.05) is 112 Å². The summed E-state index contributed by atoms with van der Waals surface area (Å²) in [6.45, 7) is 4.90. The highest BCUT2D eigenvalue weighted by Crippen LogP contribution is 2.47. The second-order valence-corrected chi connectivity index (χ2v) is 24.7. The Kier molecular flexibility index (Phi) is 21.8. The van der Waals surface area contributed by atoms with Crippen molar-refractivity contribution < 1.29 is 62.1 Å². The Balaban J connectivity index is 0.724. The fraction of sp³-hybridized carbons (Fsp3) is 0.507. The van der Waals surface area contributed by atoms with Crippen LogP contribution in [0.2, 0.25) is 0 Å². The molecule has 23 nitrogen and oxygen atoms in total. The number of benzene rings is 4. The van der Waals surface area contributed by atoms with Gasteiger partial charge in [-0.2, -0.15) is 0 Å². The van der Waals surface area contributed by atoms with Crippen LogP contribution in [0, 0.1) is 5.41 Å². The molecule has 4 aromatic rings. The molecule has 3 atom stereocenters. The highest BCUT2D eigenvalue weighted by atomic mass is 35.5. The van der Waals surface area contributed by atoms with Gasteiger partial charge in [0.1, 0.15) is 23.8 Å². The average Bonchev–Trinajstić information content (AvgIpc) is 1.79. The minimum atomic E-state index is -1.31. The van der Waals surface area contributed by atoms with E-state index in [2.05, 4.69) is 20.9 Å². The van der Waals surface area contributed by atoms with Crippen LogP contribution in [0.1, 0.15) is 124 Å². The van der Waals surface area contributed by atoms with Crippen molar-refractivity contribution in [2.24, 2.45) is 11.1 Å². The number of likely N-dealkylation sites (N-methyl/N-ethyl adjacent to an activating group) is 1. The molecule has 9 amide bonds. The van der Waals surface area contributed by atoms with E-state index in [1.54, 1.807) is 51.1 Å². The van der Waals surface area contributed by atoms with Crippen LogP contribution < -0.4 is 45.7 Å². The number of alkyl halides is 1.